The van der Waals surface area contributed by atoms with Gasteiger partial charge < -0.3 is 19.7 Å². The highest BCUT2D eigenvalue weighted by Crippen LogP contribution is 2.40. The van der Waals surface area contributed by atoms with E-state index in [1.54, 1.807) is 0 Å². The van der Waals surface area contributed by atoms with E-state index in [1.807, 2.05) is 0 Å². The number of hydrogen-bond acceptors (Lipinski definition) is 4. The molecule has 0 aliphatic carbocycles. The molecule has 0 saturated carbocycles. The zero-order chi connectivity index (χ0) is 10.9. The lowest BCUT2D eigenvalue weighted by Gasteiger charge is -2.36. The Balaban J connectivity index is 1.94. The van der Waals surface area contributed by atoms with Crippen molar-refractivity contribution in [3.63, 3.8) is 0 Å². The van der Waals surface area contributed by atoms with E-state index in [2.05, 4.69) is 6.92 Å². The molecule has 0 amide bonds. The topological polar surface area (TPSA) is 58.9 Å². The smallest absolute Gasteiger partial charge is 0.171 e. The summed E-state index contributed by atoms with van der Waals surface area (Å²) in [6.07, 6.45) is 2.48. The molecule has 4 heteroatoms. The van der Waals surface area contributed by atoms with E-state index in [0.29, 0.717) is 18.9 Å². The third-order valence-corrected chi connectivity index (χ3v) is 3.59. The van der Waals surface area contributed by atoms with Crippen LogP contribution in [0.3, 0.4) is 0 Å². The predicted molar refractivity (Wildman–Crippen MR) is 54.3 cm³/mol. The number of rotatable bonds is 2. The van der Waals surface area contributed by atoms with Crippen LogP contribution in [-0.4, -0.2) is 41.4 Å². The standard InChI is InChI=1S/C11H20O4/c1-2-8-3-4-11(14-7-8)5-9(13)10(6-12)15-11/h8-10,12-13H,2-7H2,1H3/t8-,9+,10+,11-/m0/s1. The van der Waals surface area contributed by atoms with Gasteiger partial charge in [0.1, 0.15) is 6.10 Å². The van der Waals surface area contributed by atoms with Gasteiger partial charge >= 0.3 is 0 Å². The summed E-state index contributed by atoms with van der Waals surface area (Å²) < 4.78 is 11.4. The van der Waals surface area contributed by atoms with Crippen molar-refractivity contribution in [2.45, 2.75) is 50.6 Å². The van der Waals surface area contributed by atoms with Crippen molar-refractivity contribution in [2.75, 3.05) is 13.2 Å². The largest absolute Gasteiger partial charge is 0.394 e. The predicted octanol–water partition coefficient (Wildman–Crippen LogP) is 0.661. The van der Waals surface area contributed by atoms with Crippen LogP contribution in [0.15, 0.2) is 0 Å². The molecule has 88 valence electrons. The molecule has 2 N–H and O–H groups in total. The van der Waals surface area contributed by atoms with Gasteiger partial charge in [0.25, 0.3) is 0 Å². The van der Waals surface area contributed by atoms with Crippen molar-refractivity contribution < 1.29 is 19.7 Å². The lowest BCUT2D eigenvalue weighted by Crippen LogP contribution is -2.39. The normalized spacial score (nSPS) is 46.2. The van der Waals surface area contributed by atoms with Gasteiger partial charge in [-0.2, -0.15) is 0 Å². The Hall–Kier alpha value is -0.160. The van der Waals surface area contributed by atoms with E-state index in [1.165, 1.54) is 0 Å². The van der Waals surface area contributed by atoms with Crippen molar-refractivity contribution in [1.29, 1.82) is 0 Å². The molecule has 0 unspecified atom stereocenters. The summed E-state index contributed by atoms with van der Waals surface area (Å²) in [6, 6.07) is 0. The molecule has 4 atom stereocenters. The Labute approximate surface area is 90.2 Å². The van der Waals surface area contributed by atoms with Gasteiger partial charge in [-0.25, -0.2) is 0 Å². The monoisotopic (exact) mass is 216 g/mol. The molecular formula is C11H20O4. The SMILES string of the molecule is CC[C@H]1CC[C@]2(C[C@@H](O)[C@@H](CO)O2)OC1. The second-order valence-electron chi connectivity index (χ2n) is 4.64. The maximum Gasteiger partial charge on any atom is 0.171 e. The second-order valence-corrected chi connectivity index (χ2v) is 4.64. The number of ether oxygens (including phenoxy) is 2. The Morgan fingerprint density at radius 2 is 2.27 bits per heavy atom. The molecule has 2 fully saturated rings. The molecule has 2 aliphatic heterocycles. The molecule has 0 aromatic rings. The molecule has 0 aromatic heterocycles. The van der Waals surface area contributed by atoms with E-state index >= 15 is 0 Å². The van der Waals surface area contributed by atoms with Crippen LogP contribution in [-0.2, 0) is 9.47 Å². The Morgan fingerprint density at radius 3 is 2.73 bits per heavy atom. The van der Waals surface area contributed by atoms with E-state index in [-0.39, 0.29) is 6.61 Å². The van der Waals surface area contributed by atoms with Gasteiger partial charge in [0.15, 0.2) is 5.79 Å². The van der Waals surface area contributed by atoms with Crippen molar-refractivity contribution in [1.82, 2.24) is 0 Å². The minimum absolute atomic E-state index is 0.135. The molecule has 1 spiro atoms. The zero-order valence-corrected chi connectivity index (χ0v) is 9.19. The third kappa shape index (κ3) is 2.18. The second kappa shape index (κ2) is 4.37. The molecule has 15 heavy (non-hydrogen) atoms. The maximum atomic E-state index is 9.66. The van der Waals surface area contributed by atoms with Crippen molar-refractivity contribution in [3.8, 4) is 0 Å². The number of aliphatic hydroxyl groups is 2. The van der Waals surface area contributed by atoms with Gasteiger partial charge in [-0.1, -0.05) is 13.3 Å². The summed E-state index contributed by atoms with van der Waals surface area (Å²) in [5.41, 5.74) is 0. The van der Waals surface area contributed by atoms with Crippen LogP contribution in [0, 0.1) is 5.92 Å². The molecule has 0 bridgehead atoms. The van der Waals surface area contributed by atoms with Crippen molar-refractivity contribution in [2.24, 2.45) is 5.92 Å². The highest BCUT2D eigenvalue weighted by Gasteiger charge is 2.48. The Kier molecular flexibility index (Phi) is 3.30. The lowest BCUT2D eigenvalue weighted by molar-refractivity contribution is -0.257. The molecular weight excluding hydrogens is 196 g/mol. The van der Waals surface area contributed by atoms with Crippen LogP contribution in [0.5, 0.6) is 0 Å². The molecule has 2 aliphatic rings. The van der Waals surface area contributed by atoms with Crippen LogP contribution >= 0.6 is 0 Å². The van der Waals surface area contributed by atoms with Gasteiger partial charge in [-0.05, 0) is 12.3 Å². The Bertz CT molecular complexity index is 211. The number of aliphatic hydroxyl groups excluding tert-OH is 2. The van der Waals surface area contributed by atoms with Crippen LogP contribution in [0.2, 0.25) is 0 Å². The summed E-state index contributed by atoms with van der Waals surface area (Å²) in [4.78, 5) is 0. The quantitative estimate of drug-likeness (QED) is 0.712. The first-order valence-electron chi connectivity index (χ1n) is 5.80. The summed E-state index contributed by atoms with van der Waals surface area (Å²) in [5.74, 6) is 0.00270. The molecule has 0 radical (unpaired) electrons. The van der Waals surface area contributed by atoms with E-state index < -0.39 is 18.0 Å². The maximum absolute atomic E-state index is 9.66. The first-order valence-corrected chi connectivity index (χ1v) is 5.80. The van der Waals surface area contributed by atoms with E-state index in [9.17, 15) is 5.11 Å². The van der Waals surface area contributed by atoms with Crippen molar-refractivity contribution in [3.05, 3.63) is 0 Å². The van der Waals surface area contributed by atoms with E-state index in [0.717, 1.165) is 19.3 Å². The van der Waals surface area contributed by atoms with Crippen LogP contribution in [0.1, 0.15) is 32.6 Å². The van der Waals surface area contributed by atoms with Gasteiger partial charge in [0, 0.05) is 12.8 Å². The summed E-state index contributed by atoms with van der Waals surface area (Å²) in [7, 11) is 0. The first-order chi connectivity index (χ1) is 7.19. The molecule has 2 rings (SSSR count). The first kappa shape index (κ1) is 11.3. The molecule has 4 nitrogen and oxygen atoms in total. The summed E-state index contributed by atoms with van der Waals surface area (Å²) in [5, 5.41) is 18.7. The Morgan fingerprint density at radius 1 is 1.47 bits per heavy atom. The molecule has 0 aromatic carbocycles. The fourth-order valence-electron chi connectivity index (χ4n) is 2.44. The average Bonchev–Trinajstić information content (AvgIpc) is 2.56. The molecule has 2 saturated heterocycles. The van der Waals surface area contributed by atoms with Crippen molar-refractivity contribution >= 4 is 0 Å². The highest BCUT2D eigenvalue weighted by molar-refractivity contribution is 4.90. The van der Waals surface area contributed by atoms with Crippen LogP contribution < -0.4 is 0 Å². The zero-order valence-electron chi connectivity index (χ0n) is 9.19. The lowest BCUT2D eigenvalue weighted by atomic mass is 9.92. The third-order valence-electron chi connectivity index (χ3n) is 3.59. The fraction of sp³-hybridized carbons (Fsp3) is 1.00. The summed E-state index contributed by atoms with van der Waals surface area (Å²) in [6.45, 7) is 2.73. The summed E-state index contributed by atoms with van der Waals surface area (Å²) >= 11 is 0. The van der Waals surface area contributed by atoms with Crippen LogP contribution in [0.25, 0.3) is 0 Å². The average molecular weight is 216 g/mol. The van der Waals surface area contributed by atoms with Crippen LogP contribution in [0.4, 0.5) is 0 Å². The van der Waals surface area contributed by atoms with E-state index in [4.69, 9.17) is 14.6 Å². The number of hydrogen-bond donors (Lipinski definition) is 2. The van der Waals surface area contributed by atoms with Gasteiger partial charge in [0.05, 0.1) is 19.3 Å². The minimum atomic E-state index is -0.613. The minimum Gasteiger partial charge on any atom is -0.394 e. The highest BCUT2D eigenvalue weighted by atomic mass is 16.7. The molecule has 2 heterocycles. The van der Waals surface area contributed by atoms with Gasteiger partial charge in [-0.15, -0.1) is 0 Å². The van der Waals surface area contributed by atoms with Gasteiger partial charge in [0.2, 0.25) is 0 Å². The van der Waals surface area contributed by atoms with Gasteiger partial charge in [-0.3, -0.25) is 0 Å². The fourth-order valence-corrected chi connectivity index (χ4v) is 2.44.